The molecular weight excluding hydrogens is 659 g/mol. The summed E-state index contributed by atoms with van der Waals surface area (Å²) >= 11 is -3.61. The number of halogens is 2. The number of allylic oxidation sites excluding steroid dienone is 2. The second-order valence-corrected chi connectivity index (χ2v) is 44.6. The first-order valence-corrected chi connectivity index (χ1v) is 28.9. The summed E-state index contributed by atoms with van der Waals surface area (Å²) in [4.78, 5) is 0. The van der Waals surface area contributed by atoms with Crippen LogP contribution in [0.5, 0.6) is 0 Å². The molecule has 0 aliphatic heterocycles. The minimum Gasteiger partial charge on any atom is -0.147 e. The largest absolute Gasteiger partial charge is 0.147 e. The third-order valence-corrected chi connectivity index (χ3v) is 27.6. The quantitative estimate of drug-likeness (QED) is 0.181. The normalized spacial score (nSPS) is 17.3. The first-order chi connectivity index (χ1) is 19.4. The smallest absolute Gasteiger partial charge is 0.147 e. The zero-order valence-corrected chi connectivity index (χ0v) is 32.5. The van der Waals surface area contributed by atoms with Gasteiger partial charge < -0.3 is 0 Å². The van der Waals surface area contributed by atoms with Crippen LogP contribution in [0.25, 0.3) is 34.4 Å². The van der Waals surface area contributed by atoms with Crippen LogP contribution in [-0.2, 0) is 17.4 Å². The molecule has 0 spiro atoms. The van der Waals surface area contributed by atoms with Crippen molar-refractivity contribution in [3.8, 4) is 22.3 Å². The van der Waals surface area contributed by atoms with Crippen molar-refractivity contribution in [2.24, 2.45) is 0 Å². The molecule has 224 valence electrons. The summed E-state index contributed by atoms with van der Waals surface area (Å²) in [5, 5.41) is 0. The molecule has 2 atom stereocenters. The second-order valence-electron chi connectivity index (χ2n) is 14.1. The molecule has 2 unspecified atom stereocenters. The van der Waals surface area contributed by atoms with Crippen LogP contribution in [0.2, 0.25) is 9.26 Å². The summed E-state index contributed by atoms with van der Waals surface area (Å²) in [5.74, 6) is 0. The van der Waals surface area contributed by atoms with E-state index in [1.165, 1.54) is 55.6 Å². The molecule has 4 aromatic rings. The van der Waals surface area contributed by atoms with Gasteiger partial charge in [0.25, 0.3) is 0 Å². The average Bonchev–Trinajstić information content (AvgIpc) is 3.46. The molecule has 0 heterocycles. The van der Waals surface area contributed by atoms with Crippen molar-refractivity contribution in [2.75, 3.05) is 0 Å². The molecule has 0 amide bonds. The fourth-order valence-corrected chi connectivity index (χ4v) is 28.9. The zero-order valence-electron chi connectivity index (χ0n) is 27.0. The number of aryl methyl sites for hydroxylation is 4. The summed E-state index contributed by atoms with van der Waals surface area (Å²) in [5.41, 5.74) is 20.2. The number of hydrogen-bond donors (Lipinski definition) is 0. The van der Waals surface area contributed by atoms with E-state index < -0.39 is 17.4 Å². The molecule has 4 aromatic carbocycles. The van der Waals surface area contributed by atoms with Crippen LogP contribution >= 0.6 is 24.8 Å². The fraction of sp³-hybridized carbons (Fsp3) is 0.282. The molecular formula is C39H46Cl2SiZr. The zero-order chi connectivity index (χ0) is 29.3. The van der Waals surface area contributed by atoms with Crippen LogP contribution in [0.1, 0.15) is 72.0 Å². The molecule has 0 N–H and O–H groups in total. The van der Waals surface area contributed by atoms with Crippen LogP contribution in [-0.4, -0.2) is 6.88 Å². The van der Waals surface area contributed by atoms with Gasteiger partial charge in [0, 0.05) is 0 Å². The van der Waals surface area contributed by atoms with E-state index in [2.05, 4.69) is 143 Å². The van der Waals surface area contributed by atoms with Gasteiger partial charge in [0.15, 0.2) is 0 Å². The third-order valence-electron chi connectivity index (χ3n) is 9.89. The van der Waals surface area contributed by atoms with Gasteiger partial charge in [0.05, 0.1) is 0 Å². The van der Waals surface area contributed by atoms with Gasteiger partial charge >= 0.3 is 252 Å². The van der Waals surface area contributed by atoms with E-state index in [1.54, 1.807) is 22.3 Å². The standard InChI is InChI=1S/C19H19.C18H17.2CH3.2ClH.H2Si.Zr/c1-4-15-11-17-9-14(3)10-18(19(17)12-15)16-7-5-13(2)6-8-16;1-12-4-6-15(7-5-12)17-10-13(2)8-16-9-14(3)11-18(16)17;;;;;;/h5-12H,4H2,1-3H3;4-11H,1-3H3;2*1H3;2*1H;1H2;. The number of hydrogen-bond acceptors (Lipinski definition) is 0. The van der Waals surface area contributed by atoms with Gasteiger partial charge in [0.2, 0.25) is 0 Å². The molecule has 0 radical (unpaired) electrons. The van der Waals surface area contributed by atoms with E-state index in [9.17, 15) is 0 Å². The van der Waals surface area contributed by atoms with Crippen LogP contribution in [0.3, 0.4) is 0 Å². The van der Waals surface area contributed by atoms with Gasteiger partial charge in [-0.1, -0.05) is 0 Å². The topological polar surface area (TPSA) is 0 Å². The van der Waals surface area contributed by atoms with Crippen molar-refractivity contribution in [1.29, 1.82) is 0 Å². The molecule has 0 nitrogen and oxygen atoms in total. The monoisotopic (exact) mass is 702 g/mol. The molecule has 0 saturated carbocycles. The molecule has 2 aliphatic rings. The molecule has 2 aliphatic carbocycles. The Morgan fingerprint density at radius 3 is 1.44 bits per heavy atom. The van der Waals surface area contributed by atoms with Crippen molar-refractivity contribution >= 4 is 43.8 Å². The Labute approximate surface area is 274 Å². The van der Waals surface area contributed by atoms with E-state index >= 15 is 0 Å². The van der Waals surface area contributed by atoms with E-state index in [0.29, 0.717) is 7.25 Å². The summed E-state index contributed by atoms with van der Waals surface area (Å²) in [6.07, 6.45) is 6.24. The Kier molecular flexibility index (Phi) is 9.54. The summed E-state index contributed by atoms with van der Waals surface area (Å²) in [7, 11) is 0. The summed E-state index contributed by atoms with van der Waals surface area (Å²) in [6.45, 7) is 16.2. The van der Waals surface area contributed by atoms with Crippen molar-refractivity contribution in [1.82, 2.24) is 0 Å². The minimum absolute atomic E-state index is 0. The maximum Gasteiger partial charge on any atom is -0.147 e. The van der Waals surface area contributed by atoms with E-state index in [4.69, 9.17) is 0 Å². The molecule has 6 rings (SSSR count). The van der Waals surface area contributed by atoms with Gasteiger partial charge in [-0.25, -0.2) is 0 Å². The minimum atomic E-state index is -3.61. The molecule has 4 heteroatoms. The first kappa shape index (κ1) is 33.9. The van der Waals surface area contributed by atoms with E-state index in [1.807, 2.05) is 0 Å². The van der Waals surface area contributed by atoms with Gasteiger partial charge in [-0.05, 0) is 0 Å². The van der Waals surface area contributed by atoms with Crippen LogP contribution in [0.15, 0.2) is 83.9 Å². The molecule has 43 heavy (non-hydrogen) atoms. The number of fused-ring (bicyclic) bond motifs is 2. The Morgan fingerprint density at radius 1 is 0.581 bits per heavy atom. The second kappa shape index (κ2) is 12.1. The summed E-state index contributed by atoms with van der Waals surface area (Å²) < 4.78 is 6.61. The predicted molar refractivity (Wildman–Crippen MR) is 195 cm³/mol. The average molecular weight is 705 g/mol. The van der Waals surface area contributed by atoms with E-state index in [0.717, 1.165) is 6.42 Å². The molecule has 0 bridgehead atoms. The third kappa shape index (κ3) is 5.79. The first-order valence-electron chi connectivity index (χ1n) is 15.3. The number of rotatable bonds is 5. The maximum atomic E-state index is 2.77. The maximum absolute atomic E-state index is 3.61. The van der Waals surface area contributed by atoms with Gasteiger partial charge in [-0.15, -0.1) is 24.8 Å². The van der Waals surface area contributed by atoms with Crippen LogP contribution in [0, 0.1) is 27.7 Å². The molecule has 0 aromatic heterocycles. The van der Waals surface area contributed by atoms with Gasteiger partial charge in [-0.2, -0.15) is 0 Å². The Bertz CT molecular complexity index is 1840. The van der Waals surface area contributed by atoms with Crippen LogP contribution in [0.4, 0.5) is 0 Å². The molecule has 0 fully saturated rings. The Hall–Kier alpha value is -1.96. The van der Waals surface area contributed by atoms with Crippen molar-refractivity contribution in [3.63, 3.8) is 0 Å². The Morgan fingerprint density at radius 2 is 1.00 bits per heavy atom. The van der Waals surface area contributed by atoms with Gasteiger partial charge in [0.1, 0.15) is 0 Å². The van der Waals surface area contributed by atoms with Crippen LogP contribution < -0.4 is 0 Å². The van der Waals surface area contributed by atoms with Crippen molar-refractivity contribution < 1.29 is 17.4 Å². The Balaban J connectivity index is 0.00000212. The fourth-order valence-electron chi connectivity index (χ4n) is 8.27. The van der Waals surface area contributed by atoms with Crippen molar-refractivity contribution in [2.45, 2.75) is 64.5 Å². The molecule has 0 saturated heterocycles. The summed E-state index contributed by atoms with van der Waals surface area (Å²) in [6, 6.07) is 28.1. The van der Waals surface area contributed by atoms with Crippen molar-refractivity contribution in [3.05, 3.63) is 128 Å². The predicted octanol–water partition coefficient (Wildman–Crippen LogP) is 11.4. The number of benzene rings is 4. The SMILES string of the molecule is CCC1=Cc2c(-c3ccc(C)cc3)cc(C)cc2[CH]1[Zr]([CH3])([CH3])(=[SiH2])[CH]1C(C)=Cc2c(-c3ccc(C)cc3)cc(C)cc21.Cl.Cl. The van der Waals surface area contributed by atoms with Gasteiger partial charge in [-0.3, -0.25) is 0 Å². The van der Waals surface area contributed by atoms with E-state index in [-0.39, 0.29) is 24.8 Å².